The Morgan fingerprint density at radius 1 is 1.25 bits per heavy atom. The molecule has 20 heavy (non-hydrogen) atoms. The van der Waals surface area contributed by atoms with E-state index in [1.165, 1.54) is 0 Å². The predicted molar refractivity (Wildman–Crippen MR) is 84.9 cm³/mol. The van der Waals surface area contributed by atoms with Crippen LogP contribution in [-0.2, 0) is 14.6 Å². The fraction of sp³-hybridized carbons (Fsp3) is 0.462. The van der Waals surface area contributed by atoms with Crippen molar-refractivity contribution in [1.29, 1.82) is 0 Å². The van der Waals surface area contributed by atoms with Gasteiger partial charge in [-0.15, -0.1) is 12.4 Å². The molecule has 1 aromatic rings. The van der Waals surface area contributed by atoms with Crippen molar-refractivity contribution < 1.29 is 13.2 Å². The van der Waals surface area contributed by atoms with Crippen molar-refractivity contribution in [3.63, 3.8) is 0 Å². The van der Waals surface area contributed by atoms with Gasteiger partial charge < -0.3 is 11.1 Å². The number of hydrogen-bond acceptors (Lipinski definition) is 4. The number of carbonyl (C=O) groups excluding carboxylic acids is 1. The minimum absolute atomic E-state index is 0. The number of sulfone groups is 1. The molecule has 0 spiro atoms. The summed E-state index contributed by atoms with van der Waals surface area (Å²) in [5, 5.41) is 2.51. The SMILES string of the molecule is CCCCCS(=O)(=O)CC(=O)Nc1ccccc1N.Cl. The number of nitrogens with two attached hydrogens (primary N) is 1. The number of amides is 1. The summed E-state index contributed by atoms with van der Waals surface area (Å²) in [6.07, 6.45) is 2.40. The zero-order valence-electron chi connectivity index (χ0n) is 11.5. The molecule has 7 heteroatoms. The zero-order chi connectivity index (χ0) is 14.3. The first-order valence-electron chi connectivity index (χ1n) is 6.29. The Morgan fingerprint density at radius 3 is 2.50 bits per heavy atom. The minimum atomic E-state index is -3.34. The second-order valence-electron chi connectivity index (χ2n) is 4.43. The molecule has 0 aromatic heterocycles. The van der Waals surface area contributed by atoms with Crippen LogP contribution in [0.3, 0.4) is 0 Å². The van der Waals surface area contributed by atoms with E-state index >= 15 is 0 Å². The number of halogens is 1. The number of nitrogens with one attached hydrogen (secondary N) is 1. The smallest absolute Gasteiger partial charge is 0.239 e. The molecule has 0 fully saturated rings. The maximum absolute atomic E-state index is 11.7. The Labute approximate surface area is 126 Å². The van der Waals surface area contributed by atoms with E-state index in [-0.39, 0.29) is 18.2 Å². The summed E-state index contributed by atoms with van der Waals surface area (Å²) in [5.74, 6) is -0.988. The van der Waals surface area contributed by atoms with E-state index < -0.39 is 21.5 Å². The van der Waals surface area contributed by atoms with Crippen LogP contribution in [0.2, 0.25) is 0 Å². The van der Waals surface area contributed by atoms with Crippen LogP contribution in [0.5, 0.6) is 0 Å². The summed E-state index contributed by atoms with van der Waals surface area (Å²) >= 11 is 0. The molecule has 0 heterocycles. The molecule has 0 atom stereocenters. The number of unbranched alkanes of at least 4 members (excludes halogenated alkanes) is 2. The van der Waals surface area contributed by atoms with E-state index in [1.54, 1.807) is 24.3 Å². The molecule has 1 amide bonds. The summed E-state index contributed by atoms with van der Waals surface area (Å²) in [5.41, 5.74) is 6.52. The van der Waals surface area contributed by atoms with Crippen molar-refractivity contribution in [2.45, 2.75) is 26.2 Å². The quantitative estimate of drug-likeness (QED) is 0.595. The van der Waals surface area contributed by atoms with Crippen molar-refractivity contribution in [3.8, 4) is 0 Å². The highest BCUT2D eigenvalue weighted by Crippen LogP contribution is 2.16. The number of anilines is 2. The van der Waals surface area contributed by atoms with Gasteiger partial charge in [-0.3, -0.25) is 4.79 Å². The van der Waals surface area contributed by atoms with Crippen molar-refractivity contribution >= 4 is 39.5 Å². The zero-order valence-corrected chi connectivity index (χ0v) is 13.1. The van der Waals surface area contributed by atoms with Gasteiger partial charge in [-0.05, 0) is 18.6 Å². The van der Waals surface area contributed by atoms with Crippen molar-refractivity contribution in [2.75, 3.05) is 22.6 Å². The van der Waals surface area contributed by atoms with E-state index in [9.17, 15) is 13.2 Å². The summed E-state index contributed by atoms with van der Waals surface area (Å²) in [7, 11) is -3.34. The molecule has 0 saturated carbocycles. The average Bonchev–Trinajstić information content (AvgIpc) is 2.31. The van der Waals surface area contributed by atoms with Crippen LogP contribution in [0, 0.1) is 0 Å². The second-order valence-corrected chi connectivity index (χ2v) is 6.62. The van der Waals surface area contributed by atoms with Gasteiger partial charge in [0.15, 0.2) is 9.84 Å². The summed E-state index contributed by atoms with van der Waals surface area (Å²) in [6, 6.07) is 6.75. The fourth-order valence-corrected chi connectivity index (χ4v) is 2.90. The Kier molecular flexibility index (Phi) is 8.25. The summed E-state index contributed by atoms with van der Waals surface area (Å²) < 4.78 is 23.4. The minimum Gasteiger partial charge on any atom is -0.397 e. The lowest BCUT2D eigenvalue weighted by atomic mass is 10.3. The Morgan fingerprint density at radius 2 is 1.90 bits per heavy atom. The Bertz CT molecular complexity index is 532. The summed E-state index contributed by atoms with van der Waals surface area (Å²) in [4.78, 5) is 11.7. The van der Waals surface area contributed by atoms with Gasteiger partial charge >= 0.3 is 0 Å². The molecular weight excluding hydrogens is 300 g/mol. The molecule has 0 aliphatic rings. The lowest BCUT2D eigenvalue weighted by Crippen LogP contribution is -2.25. The van der Waals surface area contributed by atoms with Crippen LogP contribution >= 0.6 is 12.4 Å². The van der Waals surface area contributed by atoms with Gasteiger partial charge in [0.25, 0.3) is 0 Å². The van der Waals surface area contributed by atoms with Gasteiger partial charge in [0.1, 0.15) is 5.75 Å². The topological polar surface area (TPSA) is 89.3 Å². The molecule has 0 aliphatic carbocycles. The number of nitrogen functional groups attached to an aromatic ring is 1. The fourth-order valence-electron chi connectivity index (χ4n) is 1.64. The number of benzene rings is 1. The van der Waals surface area contributed by atoms with Crippen molar-refractivity contribution in [1.82, 2.24) is 0 Å². The average molecular weight is 321 g/mol. The second kappa shape index (κ2) is 8.81. The third-order valence-corrected chi connectivity index (χ3v) is 4.26. The van der Waals surface area contributed by atoms with E-state index in [4.69, 9.17) is 5.73 Å². The van der Waals surface area contributed by atoms with Gasteiger partial charge in [-0.25, -0.2) is 8.42 Å². The maximum atomic E-state index is 11.7. The molecule has 1 aromatic carbocycles. The summed E-state index contributed by atoms with van der Waals surface area (Å²) in [6.45, 7) is 2.00. The Hall–Kier alpha value is -1.27. The third kappa shape index (κ3) is 6.77. The van der Waals surface area contributed by atoms with E-state index in [2.05, 4.69) is 5.32 Å². The lowest BCUT2D eigenvalue weighted by Gasteiger charge is -2.08. The molecule has 114 valence electrons. The maximum Gasteiger partial charge on any atom is 0.239 e. The first kappa shape index (κ1) is 18.7. The monoisotopic (exact) mass is 320 g/mol. The first-order valence-corrected chi connectivity index (χ1v) is 8.11. The number of hydrogen-bond donors (Lipinski definition) is 2. The molecule has 0 aliphatic heterocycles. The van der Waals surface area contributed by atoms with Gasteiger partial charge in [0.05, 0.1) is 17.1 Å². The lowest BCUT2D eigenvalue weighted by molar-refractivity contribution is -0.113. The molecular formula is C13H21ClN2O3S. The van der Waals surface area contributed by atoms with Crippen LogP contribution in [0.15, 0.2) is 24.3 Å². The van der Waals surface area contributed by atoms with E-state index in [1.807, 2.05) is 6.92 Å². The van der Waals surface area contributed by atoms with Gasteiger partial charge in [0, 0.05) is 0 Å². The van der Waals surface area contributed by atoms with E-state index in [0.717, 1.165) is 12.8 Å². The highest BCUT2D eigenvalue weighted by atomic mass is 35.5. The van der Waals surface area contributed by atoms with Crippen LogP contribution in [-0.4, -0.2) is 25.8 Å². The normalized spacial score (nSPS) is 10.7. The molecule has 0 bridgehead atoms. The number of carbonyl (C=O) groups is 1. The van der Waals surface area contributed by atoms with Crippen LogP contribution in [0.25, 0.3) is 0 Å². The van der Waals surface area contributed by atoms with Crippen LogP contribution in [0.1, 0.15) is 26.2 Å². The van der Waals surface area contributed by atoms with Crippen LogP contribution < -0.4 is 11.1 Å². The number of rotatable bonds is 7. The van der Waals surface area contributed by atoms with Crippen LogP contribution in [0.4, 0.5) is 11.4 Å². The van der Waals surface area contributed by atoms with Gasteiger partial charge in [0.2, 0.25) is 5.91 Å². The molecule has 3 N–H and O–H groups in total. The molecule has 5 nitrogen and oxygen atoms in total. The van der Waals surface area contributed by atoms with Crippen molar-refractivity contribution in [2.24, 2.45) is 0 Å². The number of para-hydroxylation sites is 2. The molecule has 1 rings (SSSR count). The predicted octanol–water partition coefficient (Wildman–Crippen LogP) is 2.23. The molecule has 0 unspecified atom stereocenters. The molecule has 0 saturated heterocycles. The Balaban J connectivity index is 0.00000361. The van der Waals surface area contributed by atoms with Gasteiger partial charge in [-0.2, -0.15) is 0 Å². The standard InChI is InChI=1S/C13H20N2O3S.ClH/c1-2-3-6-9-19(17,18)10-13(16)15-12-8-5-4-7-11(12)14;/h4-5,7-8H,2-3,6,9-10,14H2,1H3,(H,15,16);1H. The highest BCUT2D eigenvalue weighted by Gasteiger charge is 2.16. The van der Waals surface area contributed by atoms with Gasteiger partial charge in [-0.1, -0.05) is 31.9 Å². The largest absolute Gasteiger partial charge is 0.397 e. The highest BCUT2D eigenvalue weighted by molar-refractivity contribution is 7.92. The molecule has 0 radical (unpaired) electrons. The van der Waals surface area contributed by atoms with Crippen molar-refractivity contribution in [3.05, 3.63) is 24.3 Å². The third-order valence-electron chi connectivity index (χ3n) is 2.64. The van der Waals surface area contributed by atoms with E-state index in [0.29, 0.717) is 17.8 Å². The first-order chi connectivity index (χ1) is 8.94.